The number of carbonyl (C=O) groups is 2. The highest BCUT2D eigenvalue weighted by molar-refractivity contribution is 6.08. The molecule has 0 saturated heterocycles. The number of hydrogen-bond acceptors (Lipinski definition) is 6. The number of hydrogen-bond donors (Lipinski definition) is 1. The Bertz CT molecular complexity index is 1180. The standard InChI is InChI=1S/C25H25N3O5/c1-3-31-23(29)12-7-17-5-9-19(10-6-17)26-25(30)20-16-28(2)27-24(20)18-8-11-21-22(15-18)33-14-4-13-32-21/h5-12,15-16H,3-4,13-14H2,1-2H3,(H,26,30)/b12-7+. The SMILES string of the molecule is CCOC(=O)/C=C/c1ccc(NC(=O)c2cn(C)nc2-c2ccc3c(c2)OCCCO3)cc1. The number of rotatable bonds is 6. The molecule has 3 aromatic rings. The Morgan fingerprint density at radius 1 is 1.12 bits per heavy atom. The molecule has 0 aliphatic carbocycles. The van der Waals surface area contributed by atoms with Gasteiger partial charge in [0.25, 0.3) is 5.91 Å². The third-order valence-corrected chi connectivity index (χ3v) is 4.96. The van der Waals surface area contributed by atoms with E-state index in [0.717, 1.165) is 17.5 Å². The van der Waals surface area contributed by atoms with E-state index < -0.39 is 5.97 Å². The number of fused-ring (bicyclic) bond motifs is 1. The van der Waals surface area contributed by atoms with E-state index in [9.17, 15) is 9.59 Å². The second-order valence-corrected chi connectivity index (χ2v) is 7.44. The Kier molecular flexibility index (Phi) is 6.73. The Balaban J connectivity index is 1.51. The van der Waals surface area contributed by atoms with E-state index in [1.165, 1.54) is 6.08 Å². The molecule has 1 aliphatic rings. The van der Waals surface area contributed by atoms with Crippen LogP contribution < -0.4 is 14.8 Å². The summed E-state index contributed by atoms with van der Waals surface area (Å²) < 4.78 is 17.9. The summed E-state index contributed by atoms with van der Waals surface area (Å²) in [6, 6.07) is 12.7. The summed E-state index contributed by atoms with van der Waals surface area (Å²) in [6.45, 7) is 3.28. The van der Waals surface area contributed by atoms with Crippen molar-refractivity contribution in [1.29, 1.82) is 0 Å². The molecule has 2 heterocycles. The lowest BCUT2D eigenvalue weighted by molar-refractivity contribution is -0.137. The average molecular weight is 447 g/mol. The molecule has 33 heavy (non-hydrogen) atoms. The Morgan fingerprint density at radius 2 is 1.88 bits per heavy atom. The van der Waals surface area contributed by atoms with Crippen molar-refractivity contribution >= 4 is 23.6 Å². The molecule has 0 spiro atoms. The first-order valence-electron chi connectivity index (χ1n) is 10.7. The zero-order valence-corrected chi connectivity index (χ0v) is 18.5. The largest absolute Gasteiger partial charge is 0.490 e. The summed E-state index contributed by atoms with van der Waals surface area (Å²) in [6.07, 6.45) is 5.53. The topological polar surface area (TPSA) is 91.7 Å². The maximum Gasteiger partial charge on any atom is 0.330 e. The molecule has 8 heteroatoms. The van der Waals surface area contributed by atoms with E-state index in [-0.39, 0.29) is 5.91 Å². The highest BCUT2D eigenvalue weighted by Crippen LogP contribution is 2.35. The van der Waals surface area contributed by atoms with Crippen molar-refractivity contribution < 1.29 is 23.8 Å². The second kappa shape index (κ2) is 10.0. The van der Waals surface area contributed by atoms with Gasteiger partial charge >= 0.3 is 5.97 Å². The maximum atomic E-state index is 13.0. The van der Waals surface area contributed by atoms with Crippen LogP contribution in [-0.2, 0) is 16.6 Å². The zero-order chi connectivity index (χ0) is 23.2. The molecule has 0 fully saturated rings. The van der Waals surface area contributed by atoms with Gasteiger partial charge < -0.3 is 19.5 Å². The molecule has 0 atom stereocenters. The molecule has 8 nitrogen and oxygen atoms in total. The van der Waals surface area contributed by atoms with Gasteiger partial charge in [-0.15, -0.1) is 0 Å². The molecule has 2 aromatic carbocycles. The number of aromatic nitrogens is 2. The molecule has 0 unspecified atom stereocenters. The third-order valence-electron chi connectivity index (χ3n) is 4.96. The Morgan fingerprint density at radius 3 is 2.64 bits per heavy atom. The van der Waals surface area contributed by atoms with Crippen molar-refractivity contribution in [3.05, 3.63) is 65.9 Å². The van der Waals surface area contributed by atoms with Gasteiger partial charge in [-0.2, -0.15) is 5.10 Å². The molecule has 1 amide bonds. The van der Waals surface area contributed by atoms with Crippen LogP contribution in [0.1, 0.15) is 29.3 Å². The first-order chi connectivity index (χ1) is 16.0. The van der Waals surface area contributed by atoms with Crippen LogP contribution >= 0.6 is 0 Å². The molecule has 0 radical (unpaired) electrons. The number of nitrogens with one attached hydrogen (secondary N) is 1. The second-order valence-electron chi connectivity index (χ2n) is 7.44. The minimum Gasteiger partial charge on any atom is -0.490 e. The van der Waals surface area contributed by atoms with Gasteiger partial charge in [0, 0.05) is 37.0 Å². The quantitative estimate of drug-likeness (QED) is 0.452. The van der Waals surface area contributed by atoms with E-state index >= 15 is 0 Å². The van der Waals surface area contributed by atoms with Crippen LogP contribution in [-0.4, -0.2) is 41.5 Å². The molecule has 170 valence electrons. The summed E-state index contributed by atoms with van der Waals surface area (Å²) in [5.41, 5.74) is 3.21. The molecular formula is C25H25N3O5. The maximum absolute atomic E-state index is 13.0. The fourth-order valence-electron chi connectivity index (χ4n) is 3.41. The molecule has 1 aliphatic heterocycles. The van der Waals surface area contributed by atoms with E-state index in [2.05, 4.69) is 10.4 Å². The van der Waals surface area contributed by atoms with Gasteiger partial charge in [0.1, 0.15) is 5.69 Å². The first kappa shape index (κ1) is 22.1. The summed E-state index contributed by atoms with van der Waals surface area (Å²) in [4.78, 5) is 24.5. The van der Waals surface area contributed by atoms with E-state index in [1.54, 1.807) is 55.2 Å². The van der Waals surface area contributed by atoms with Crippen LogP contribution in [0.3, 0.4) is 0 Å². The van der Waals surface area contributed by atoms with Gasteiger partial charge in [-0.05, 0) is 48.9 Å². The minimum absolute atomic E-state index is 0.278. The van der Waals surface area contributed by atoms with Crippen LogP contribution in [0.5, 0.6) is 11.5 Å². The van der Waals surface area contributed by atoms with Gasteiger partial charge in [-0.3, -0.25) is 9.48 Å². The molecule has 1 N–H and O–H groups in total. The van der Waals surface area contributed by atoms with Crippen LogP contribution in [0.15, 0.2) is 54.7 Å². The highest BCUT2D eigenvalue weighted by Gasteiger charge is 2.20. The van der Waals surface area contributed by atoms with E-state index in [0.29, 0.717) is 48.3 Å². The fourth-order valence-corrected chi connectivity index (χ4v) is 3.41. The zero-order valence-electron chi connectivity index (χ0n) is 18.5. The summed E-state index contributed by atoms with van der Waals surface area (Å²) in [5, 5.41) is 7.39. The van der Waals surface area contributed by atoms with Crippen molar-refractivity contribution in [2.24, 2.45) is 7.05 Å². The summed E-state index contributed by atoms with van der Waals surface area (Å²) in [5.74, 6) is 0.664. The van der Waals surface area contributed by atoms with Crippen LogP contribution in [0.2, 0.25) is 0 Å². The van der Waals surface area contributed by atoms with Crippen LogP contribution in [0, 0.1) is 0 Å². The van der Waals surface area contributed by atoms with Crippen molar-refractivity contribution in [2.45, 2.75) is 13.3 Å². The predicted octanol–water partition coefficient (Wildman–Crippen LogP) is 4.08. The number of nitrogens with zero attached hydrogens (tertiary/aromatic N) is 2. The minimum atomic E-state index is -0.395. The number of anilines is 1. The van der Waals surface area contributed by atoms with Gasteiger partial charge in [-0.25, -0.2) is 4.79 Å². The summed E-state index contributed by atoms with van der Waals surface area (Å²) in [7, 11) is 1.77. The van der Waals surface area contributed by atoms with Crippen molar-refractivity contribution in [3.8, 4) is 22.8 Å². The molecular weight excluding hydrogens is 422 g/mol. The first-order valence-corrected chi connectivity index (χ1v) is 10.7. The molecule has 0 saturated carbocycles. The summed E-state index contributed by atoms with van der Waals surface area (Å²) >= 11 is 0. The van der Waals surface area contributed by atoms with Crippen molar-refractivity contribution in [1.82, 2.24) is 9.78 Å². The third kappa shape index (κ3) is 5.41. The van der Waals surface area contributed by atoms with Crippen LogP contribution in [0.25, 0.3) is 17.3 Å². The Hall–Kier alpha value is -4.07. The average Bonchev–Trinajstić information content (AvgIpc) is 3.05. The lowest BCUT2D eigenvalue weighted by atomic mass is 10.1. The number of esters is 1. The number of benzene rings is 2. The lowest BCUT2D eigenvalue weighted by Gasteiger charge is -2.10. The van der Waals surface area contributed by atoms with Crippen molar-refractivity contribution in [2.75, 3.05) is 25.1 Å². The smallest absolute Gasteiger partial charge is 0.330 e. The number of amides is 1. The van der Waals surface area contributed by atoms with Gasteiger partial charge in [0.15, 0.2) is 11.5 Å². The predicted molar refractivity (Wildman–Crippen MR) is 124 cm³/mol. The van der Waals surface area contributed by atoms with Gasteiger partial charge in [0.2, 0.25) is 0 Å². The molecule has 4 rings (SSSR count). The highest BCUT2D eigenvalue weighted by atomic mass is 16.5. The van der Waals surface area contributed by atoms with E-state index in [4.69, 9.17) is 14.2 Å². The van der Waals surface area contributed by atoms with Gasteiger partial charge in [0.05, 0.1) is 25.4 Å². The number of carbonyl (C=O) groups excluding carboxylic acids is 2. The Labute approximate surface area is 191 Å². The monoisotopic (exact) mass is 447 g/mol. The van der Waals surface area contributed by atoms with E-state index in [1.807, 2.05) is 18.2 Å². The normalized spacial score (nSPS) is 12.9. The fraction of sp³-hybridized carbons (Fsp3) is 0.240. The lowest BCUT2D eigenvalue weighted by Crippen LogP contribution is -2.12. The molecule has 0 bridgehead atoms. The molecule has 1 aromatic heterocycles. The van der Waals surface area contributed by atoms with Gasteiger partial charge in [-0.1, -0.05) is 12.1 Å². The van der Waals surface area contributed by atoms with Crippen LogP contribution in [0.4, 0.5) is 5.69 Å². The van der Waals surface area contributed by atoms with Crippen molar-refractivity contribution in [3.63, 3.8) is 0 Å². The number of ether oxygens (including phenoxy) is 3. The number of aryl methyl sites for hydroxylation is 1.